The first-order valence-corrected chi connectivity index (χ1v) is 7.01. The maximum atomic E-state index is 12.4. The van der Waals surface area contributed by atoms with Crippen molar-refractivity contribution in [2.75, 3.05) is 6.61 Å². The second kappa shape index (κ2) is 6.03. The summed E-state index contributed by atoms with van der Waals surface area (Å²) in [7, 11) is 0. The van der Waals surface area contributed by atoms with Crippen LogP contribution in [0.5, 0.6) is 5.75 Å². The fraction of sp³-hybridized carbons (Fsp3) is 0.467. The van der Waals surface area contributed by atoms with Gasteiger partial charge in [-0.1, -0.05) is 30.3 Å². The van der Waals surface area contributed by atoms with E-state index in [1.807, 2.05) is 31.2 Å². The fourth-order valence-corrected chi connectivity index (χ4v) is 2.31. The smallest absolute Gasteiger partial charge is 0.227 e. The number of amides is 1. The maximum Gasteiger partial charge on any atom is 0.227 e. The van der Waals surface area contributed by atoms with Gasteiger partial charge in [-0.05, 0) is 31.4 Å². The molecule has 1 aromatic rings. The molecule has 4 N–H and O–H groups in total. The first-order chi connectivity index (χ1) is 10.00. The molecule has 0 fully saturated rings. The van der Waals surface area contributed by atoms with E-state index in [1.54, 1.807) is 6.92 Å². The topological polar surface area (TPSA) is 96.9 Å². The lowest BCUT2D eigenvalue weighted by Gasteiger charge is -2.31. The van der Waals surface area contributed by atoms with E-state index in [2.05, 4.69) is 10.5 Å². The Morgan fingerprint density at radius 1 is 1.57 bits per heavy atom. The maximum absolute atomic E-state index is 12.4. The Labute approximate surface area is 124 Å². The van der Waals surface area contributed by atoms with Crippen LogP contribution >= 0.6 is 0 Å². The number of ether oxygens (including phenoxy) is 1. The van der Waals surface area contributed by atoms with Crippen LogP contribution in [0.2, 0.25) is 0 Å². The minimum Gasteiger partial charge on any atom is -0.492 e. The van der Waals surface area contributed by atoms with E-state index in [9.17, 15) is 4.79 Å². The molecule has 1 heterocycles. The summed E-state index contributed by atoms with van der Waals surface area (Å²) in [5, 5.41) is 14.7. The summed E-state index contributed by atoms with van der Waals surface area (Å²) >= 11 is 0. The van der Waals surface area contributed by atoms with Gasteiger partial charge in [0.2, 0.25) is 5.91 Å². The normalized spacial score (nSPS) is 20.9. The number of benzene rings is 1. The standard InChI is InChI=1S/C15H21N3O3/c1-3-15(2,14(16)18-20)17-13(19)11-8-10-6-4-5-7-12(10)21-9-11/h4-7,11,20H,3,8-9H2,1-2H3,(H2,16,18)(H,17,19). The molecule has 1 amide bonds. The number of fused-ring (bicyclic) bond motifs is 1. The molecule has 114 valence electrons. The average Bonchev–Trinajstić information content (AvgIpc) is 2.53. The van der Waals surface area contributed by atoms with Crippen molar-refractivity contribution in [2.24, 2.45) is 16.8 Å². The van der Waals surface area contributed by atoms with Crippen molar-refractivity contribution in [3.8, 4) is 5.75 Å². The molecule has 0 saturated carbocycles. The quantitative estimate of drug-likeness (QED) is 0.337. The Hall–Kier alpha value is -2.24. The van der Waals surface area contributed by atoms with Crippen LogP contribution in [0.3, 0.4) is 0 Å². The van der Waals surface area contributed by atoms with Gasteiger partial charge in [0.1, 0.15) is 12.4 Å². The van der Waals surface area contributed by atoms with Gasteiger partial charge in [0.25, 0.3) is 0 Å². The van der Waals surface area contributed by atoms with Crippen LogP contribution in [0.25, 0.3) is 0 Å². The van der Waals surface area contributed by atoms with Gasteiger partial charge in [-0.15, -0.1) is 0 Å². The Balaban J connectivity index is 2.08. The summed E-state index contributed by atoms with van der Waals surface area (Å²) in [6.45, 7) is 3.93. The van der Waals surface area contributed by atoms with Crippen LogP contribution in [-0.2, 0) is 11.2 Å². The first-order valence-electron chi connectivity index (χ1n) is 7.01. The number of hydrogen-bond acceptors (Lipinski definition) is 4. The van der Waals surface area contributed by atoms with Crippen LogP contribution < -0.4 is 15.8 Å². The van der Waals surface area contributed by atoms with E-state index in [-0.39, 0.29) is 17.7 Å². The lowest BCUT2D eigenvalue weighted by atomic mass is 9.92. The molecule has 0 aromatic heterocycles. The fourth-order valence-electron chi connectivity index (χ4n) is 2.31. The monoisotopic (exact) mass is 291 g/mol. The highest BCUT2D eigenvalue weighted by atomic mass is 16.5. The number of carbonyl (C=O) groups is 1. The van der Waals surface area contributed by atoms with E-state index in [1.165, 1.54) is 0 Å². The molecule has 0 spiro atoms. The summed E-state index contributed by atoms with van der Waals surface area (Å²) in [6, 6.07) is 7.69. The molecule has 6 nitrogen and oxygen atoms in total. The van der Waals surface area contributed by atoms with Gasteiger partial charge in [-0.3, -0.25) is 4.79 Å². The largest absolute Gasteiger partial charge is 0.492 e. The van der Waals surface area contributed by atoms with Gasteiger partial charge < -0.3 is 21.0 Å². The van der Waals surface area contributed by atoms with Crippen LogP contribution in [0.15, 0.2) is 29.4 Å². The highest BCUT2D eigenvalue weighted by Crippen LogP contribution is 2.27. The van der Waals surface area contributed by atoms with E-state index >= 15 is 0 Å². The van der Waals surface area contributed by atoms with Crippen LogP contribution in [0, 0.1) is 5.92 Å². The number of nitrogens with two attached hydrogens (primary N) is 1. The number of nitrogens with one attached hydrogen (secondary N) is 1. The van der Waals surface area contributed by atoms with Crippen LogP contribution in [0.4, 0.5) is 0 Å². The SMILES string of the molecule is CCC(C)(NC(=O)C1COc2ccccc2C1)C(N)=NO. The summed E-state index contributed by atoms with van der Waals surface area (Å²) in [6.07, 6.45) is 1.15. The van der Waals surface area contributed by atoms with Crippen molar-refractivity contribution in [1.82, 2.24) is 5.32 Å². The lowest BCUT2D eigenvalue weighted by Crippen LogP contribution is -2.57. The lowest BCUT2D eigenvalue weighted by molar-refractivity contribution is -0.127. The Morgan fingerprint density at radius 2 is 2.29 bits per heavy atom. The number of para-hydroxylation sites is 1. The third-order valence-electron chi connectivity index (χ3n) is 4.03. The van der Waals surface area contributed by atoms with Gasteiger partial charge in [-0.25, -0.2) is 0 Å². The van der Waals surface area contributed by atoms with Gasteiger partial charge in [0.15, 0.2) is 5.84 Å². The molecule has 1 aliphatic heterocycles. The molecule has 6 heteroatoms. The molecule has 0 saturated heterocycles. The second-order valence-corrected chi connectivity index (χ2v) is 5.48. The third-order valence-corrected chi connectivity index (χ3v) is 4.03. The Morgan fingerprint density at radius 3 is 2.95 bits per heavy atom. The van der Waals surface area contributed by atoms with E-state index in [4.69, 9.17) is 15.7 Å². The number of nitrogens with zero attached hydrogens (tertiary/aromatic N) is 1. The van der Waals surface area contributed by atoms with Crippen molar-refractivity contribution in [1.29, 1.82) is 0 Å². The Bertz CT molecular complexity index is 559. The van der Waals surface area contributed by atoms with Crippen molar-refractivity contribution in [2.45, 2.75) is 32.2 Å². The first kappa shape index (κ1) is 15.2. The second-order valence-electron chi connectivity index (χ2n) is 5.48. The molecule has 0 bridgehead atoms. The summed E-state index contributed by atoms with van der Waals surface area (Å²) < 4.78 is 5.62. The predicted octanol–water partition coefficient (Wildman–Crippen LogP) is 1.27. The zero-order chi connectivity index (χ0) is 15.5. The highest BCUT2D eigenvalue weighted by Gasteiger charge is 2.34. The zero-order valence-corrected chi connectivity index (χ0v) is 12.3. The van der Waals surface area contributed by atoms with E-state index < -0.39 is 5.54 Å². The average molecular weight is 291 g/mol. The highest BCUT2D eigenvalue weighted by molar-refractivity contribution is 5.94. The minimum atomic E-state index is -0.858. The Kier molecular flexibility index (Phi) is 4.35. The predicted molar refractivity (Wildman–Crippen MR) is 79.4 cm³/mol. The summed E-state index contributed by atoms with van der Waals surface area (Å²) in [5.74, 6) is 0.393. The van der Waals surface area contributed by atoms with Gasteiger partial charge in [0.05, 0.1) is 11.5 Å². The molecular weight excluding hydrogens is 270 g/mol. The van der Waals surface area contributed by atoms with Gasteiger partial charge in [0, 0.05) is 0 Å². The van der Waals surface area contributed by atoms with Gasteiger partial charge >= 0.3 is 0 Å². The van der Waals surface area contributed by atoms with Crippen molar-refractivity contribution >= 4 is 11.7 Å². The zero-order valence-electron chi connectivity index (χ0n) is 12.3. The van der Waals surface area contributed by atoms with E-state index in [0.29, 0.717) is 19.4 Å². The number of carbonyl (C=O) groups excluding carboxylic acids is 1. The third kappa shape index (κ3) is 3.09. The molecule has 2 atom stereocenters. The molecule has 0 aliphatic carbocycles. The number of amidine groups is 1. The molecule has 21 heavy (non-hydrogen) atoms. The number of oxime groups is 1. The minimum absolute atomic E-state index is 0.00419. The van der Waals surface area contributed by atoms with Crippen molar-refractivity contribution < 1.29 is 14.7 Å². The molecule has 1 aliphatic rings. The van der Waals surface area contributed by atoms with Gasteiger partial charge in [-0.2, -0.15) is 0 Å². The molecular formula is C15H21N3O3. The van der Waals surface area contributed by atoms with Crippen molar-refractivity contribution in [3.63, 3.8) is 0 Å². The molecule has 2 unspecified atom stereocenters. The van der Waals surface area contributed by atoms with Crippen LogP contribution in [0.1, 0.15) is 25.8 Å². The summed E-state index contributed by atoms with van der Waals surface area (Å²) in [5.41, 5.74) is 5.83. The number of rotatable bonds is 4. The van der Waals surface area contributed by atoms with E-state index in [0.717, 1.165) is 11.3 Å². The molecule has 1 aromatic carbocycles. The molecule has 2 rings (SSSR count). The van der Waals surface area contributed by atoms with Crippen LogP contribution in [-0.4, -0.2) is 29.1 Å². The number of hydrogen-bond donors (Lipinski definition) is 3. The summed E-state index contributed by atoms with van der Waals surface area (Å²) in [4.78, 5) is 12.4. The molecule has 0 radical (unpaired) electrons. The van der Waals surface area contributed by atoms with Crippen molar-refractivity contribution in [3.05, 3.63) is 29.8 Å².